The number of para-hydroxylation sites is 2. The van der Waals surface area contributed by atoms with Crippen molar-refractivity contribution in [2.75, 3.05) is 0 Å². The molecule has 0 unspecified atom stereocenters. The maximum Gasteiger partial charge on any atom is 0.182 e. The first-order valence-electron chi connectivity index (χ1n) is 7.30. The summed E-state index contributed by atoms with van der Waals surface area (Å²) in [7, 11) is 0. The smallest absolute Gasteiger partial charge is 0.182 e. The van der Waals surface area contributed by atoms with Crippen LogP contribution in [0.2, 0.25) is 5.02 Å². The summed E-state index contributed by atoms with van der Waals surface area (Å²) < 4.78 is 2.01. The number of imidazole rings is 1. The van der Waals surface area contributed by atoms with Crippen LogP contribution in [0.3, 0.4) is 0 Å². The highest BCUT2D eigenvalue weighted by Crippen LogP contribution is 2.22. The number of nitrogens with zero attached hydrogens (tertiary/aromatic N) is 2. The van der Waals surface area contributed by atoms with Crippen LogP contribution in [-0.4, -0.2) is 15.3 Å². The van der Waals surface area contributed by atoms with Crippen molar-refractivity contribution in [3.8, 4) is 0 Å². The molecule has 0 aliphatic carbocycles. The highest BCUT2D eigenvalue weighted by atomic mass is 35.5. The van der Waals surface area contributed by atoms with Crippen molar-refractivity contribution in [3.05, 3.63) is 64.9 Å². The van der Waals surface area contributed by atoms with Crippen LogP contribution in [0, 0.1) is 0 Å². The van der Waals surface area contributed by atoms with Crippen LogP contribution >= 0.6 is 11.6 Å². The summed E-state index contributed by atoms with van der Waals surface area (Å²) in [4.78, 5) is 17.2. The lowest BCUT2D eigenvalue weighted by molar-refractivity contribution is 0.0972. The number of benzene rings is 2. The van der Waals surface area contributed by atoms with Gasteiger partial charge < -0.3 is 4.57 Å². The van der Waals surface area contributed by atoms with Crippen molar-refractivity contribution in [2.45, 2.75) is 26.3 Å². The standard InChI is InChI=1S/C18H17ClN2O/c1-12(2)18-20-15-5-3-4-6-16(15)21(18)11-17(22)13-7-9-14(19)10-8-13/h3-10,12H,11H2,1-2H3. The number of hydrogen-bond donors (Lipinski definition) is 0. The van der Waals surface area contributed by atoms with E-state index < -0.39 is 0 Å². The lowest BCUT2D eigenvalue weighted by Gasteiger charge is -2.11. The van der Waals surface area contributed by atoms with Gasteiger partial charge in [0.15, 0.2) is 5.78 Å². The molecule has 0 aliphatic heterocycles. The first-order chi connectivity index (χ1) is 10.6. The van der Waals surface area contributed by atoms with E-state index in [-0.39, 0.29) is 18.2 Å². The number of Topliss-reactive ketones (excluding diaryl/α,β-unsaturated/α-hetero) is 1. The van der Waals surface area contributed by atoms with Gasteiger partial charge in [0.1, 0.15) is 5.82 Å². The van der Waals surface area contributed by atoms with Crippen molar-refractivity contribution in [2.24, 2.45) is 0 Å². The van der Waals surface area contributed by atoms with Gasteiger partial charge in [-0.3, -0.25) is 4.79 Å². The minimum absolute atomic E-state index is 0.0571. The number of rotatable bonds is 4. The van der Waals surface area contributed by atoms with Gasteiger partial charge in [0.05, 0.1) is 17.6 Å². The summed E-state index contributed by atoms with van der Waals surface area (Å²) in [6.07, 6.45) is 0. The number of aromatic nitrogens is 2. The minimum atomic E-state index is 0.0571. The molecular formula is C18H17ClN2O. The van der Waals surface area contributed by atoms with Crippen LogP contribution in [0.4, 0.5) is 0 Å². The Morgan fingerprint density at radius 3 is 2.50 bits per heavy atom. The Labute approximate surface area is 134 Å². The largest absolute Gasteiger partial charge is 0.320 e. The second-order valence-corrected chi connectivity index (χ2v) is 6.07. The molecule has 0 fully saturated rings. The van der Waals surface area contributed by atoms with Gasteiger partial charge in [-0.1, -0.05) is 37.6 Å². The zero-order valence-corrected chi connectivity index (χ0v) is 13.3. The lowest BCUT2D eigenvalue weighted by atomic mass is 10.1. The fraction of sp³-hybridized carbons (Fsp3) is 0.222. The third kappa shape index (κ3) is 2.77. The highest BCUT2D eigenvalue weighted by Gasteiger charge is 2.16. The molecule has 0 N–H and O–H groups in total. The van der Waals surface area contributed by atoms with Gasteiger partial charge in [0.25, 0.3) is 0 Å². The molecule has 1 aromatic heterocycles. The van der Waals surface area contributed by atoms with Crippen LogP contribution in [0.25, 0.3) is 11.0 Å². The SMILES string of the molecule is CC(C)c1nc2ccccc2n1CC(=O)c1ccc(Cl)cc1. The minimum Gasteiger partial charge on any atom is -0.320 e. The van der Waals surface area contributed by atoms with E-state index >= 15 is 0 Å². The fourth-order valence-corrected chi connectivity index (χ4v) is 2.70. The summed E-state index contributed by atoms with van der Waals surface area (Å²) >= 11 is 5.88. The van der Waals surface area contributed by atoms with Gasteiger partial charge in [-0.15, -0.1) is 0 Å². The Morgan fingerprint density at radius 1 is 1.14 bits per heavy atom. The van der Waals surface area contributed by atoms with Gasteiger partial charge in [0.2, 0.25) is 0 Å². The molecule has 0 bridgehead atoms. The van der Waals surface area contributed by atoms with Crippen LogP contribution in [0.5, 0.6) is 0 Å². The zero-order chi connectivity index (χ0) is 15.7. The molecule has 0 atom stereocenters. The monoisotopic (exact) mass is 312 g/mol. The molecule has 0 amide bonds. The Balaban J connectivity index is 2.00. The first kappa shape index (κ1) is 14.8. The molecule has 3 aromatic rings. The van der Waals surface area contributed by atoms with Gasteiger partial charge >= 0.3 is 0 Å². The summed E-state index contributed by atoms with van der Waals surface area (Å²) in [6, 6.07) is 14.9. The maximum atomic E-state index is 12.6. The maximum absolute atomic E-state index is 12.6. The van der Waals surface area contributed by atoms with E-state index in [4.69, 9.17) is 11.6 Å². The number of ketones is 1. The van der Waals surface area contributed by atoms with E-state index in [1.807, 2.05) is 28.8 Å². The second-order valence-electron chi connectivity index (χ2n) is 5.63. The number of hydrogen-bond acceptors (Lipinski definition) is 2. The molecule has 1 heterocycles. The molecule has 4 heteroatoms. The topological polar surface area (TPSA) is 34.9 Å². The average Bonchev–Trinajstić information content (AvgIpc) is 2.87. The Bertz CT molecular complexity index is 819. The zero-order valence-electron chi connectivity index (χ0n) is 12.6. The van der Waals surface area contributed by atoms with E-state index in [2.05, 4.69) is 18.8 Å². The van der Waals surface area contributed by atoms with Crippen molar-refractivity contribution in [1.29, 1.82) is 0 Å². The van der Waals surface area contributed by atoms with Crippen LogP contribution in [0.15, 0.2) is 48.5 Å². The van der Waals surface area contributed by atoms with Crippen molar-refractivity contribution in [1.82, 2.24) is 9.55 Å². The Kier molecular flexibility index (Phi) is 3.99. The molecule has 0 aliphatic rings. The van der Waals surface area contributed by atoms with E-state index in [1.54, 1.807) is 24.3 Å². The summed E-state index contributed by atoms with van der Waals surface area (Å²) in [5.74, 6) is 1.25. The molecule has 0 saturated carbocycles. The molecule has 3 rings (SSSR count). The molecule has 0 spiro atoms. The van der Waals surface area contributed by atoms with Crippen LogP contribution < -0.4 is 0 Å². The van der Waals surface area contributed by atoms with Crippen molar-refractivity contribution >= 4 is 28.4 Å². The molecule has 22 heavy (non-hydrogen) atoms. The summed E-state index contributed by atoms with van der Waals surface area (Å²) in [5.41, 5.74) is 2.58. The fourth-order valence-electron chi connectivity index (χ4n) is 2.57. The third-order valence-electron chi connectivity index (χ3n) is 3.67. The molecule has 112 valence electrons. The number of halogens is 1. The van der Waals surface area contributed by atoms with Crippen molar-refractivity contribution < 1.29 is 4.79 Å². The number of fused-ring (bicyclic) bond motifs is 1. The lowest BCUT2D eigenvalue weighted by Crippen LogP contribution is -2.14. The quantitative estimate of drug-likeness (QED) is 0.655. The molecule has 0 radical (unpaired) electrons. The number of carbonyl (C=O) groups is 1. The average molecular weight is 313 g/mol. The first-order valence-corrected chi connectivity index (χ1v) is 7.68. The molecule has 0 saturated heterocycles. The van der Waals surface area contributed by atoms with E-state index in [9.17, 15) is 4.79 Å². The van der Waals surface area contributed by atoms with Gasteiger partial charge in [-0.05, 0) is 36.4 Å². The summed E-state index contributed by atoms with van der Waals surface area (Å²) in [6.45, 7) is 4.46. The predicted octanol–water partition coefficient (Wildman–Crippen LogP) is 4.70. The van der Waals surface area contributed by atoms with Gasteiger partial charge in [-0.25, -0.2) is 4.98 Å². The van der Waals surface area contributed by atoms with E-state index in [0.29, 0.717) is 10.6 Å². The Morgan fingerprint density at radius 2 is 1.82 bits per heavy atom. The van der Waals surface area contributed by atoms with Crippen LogP contribution in [0.1, 0.15) is 35.9 Å². The van der Waals surface area contributed by atoms with E-state index in [1.165, 1.54) is 0 Å². The Hall–Kier alpha value is -2.13. The second kappa shape index (κ2) is 5.93. The van der Waals surface area contributed by atoms with Crippen molar-refractivity contribution in [3.63, 3.8) is 0 Å². The van der Waals surface area contributed by atoms with E-state index in [0.717, 1.165) is 16.9 Å². The van der Waals surface area contributed by atoms with Gasteiger partial charge in [-0.2, -0.15) is 0 Å². The van der Waals surface area contributed by atoms with Crippen LogP contribution in [-0.2, 0) is 6.54 Å². The highest BCUT2D eigenvalue weighted by molar-refractivity contribution is 6.30. The molecule has 3 nitrogen and oxygen atoms in total. The third-order valence-corrected chi connectivity index (χ3v) is 3.92. The summed E-state index contributed by atoms with van der Waals surface area (Å²) in [5, 5.41) is 0.632. The number of carbonyl (C=O) groups excluding carboxylic acids is 1. The molecular weight excluding hydrogens is 296 g/mol. The normalized spacial score (nSPS) is 11.3. The predicted molar refractivity (Wildman–Crippen MR) is 89.6 cm³/mol. The van der Waals surface area contributed by atoms with Gasteiger partial charge in [0, 0.05) is 16.5 Å². The molecule has 2 aromatic carbocycles.